The van der Waals surface area contributed by atoms with Gasteiger partial charge in [0.05, 0.1) is 0 Å². The molecule has 19 heavy (non-hydrogen) atoms. The zero-order valence-corrected chi connectivity index (χ0v) is 13.5. The van der Waals surface area contributed by atoms with Crippen molar-refractivity contribution >= 4 is 0 Å². The highest BCUT2D eigenvalue weighted by Gasteiger charge is 2.43. The van der Waals surface area contributed by atoms with Crippen LogP contribution in [0.1, 0.15) is 66.2 Å². The number of nitrogens with zero attached hydrogens (tertiary/aromatic N) is 1. The Balaban J connectivity index is 2.06. The van der Waals surface area contributed by atoms with Crippen LogP contribution in [0.4, 0.5) is 0 Å². The smallest absolute Gasteiger partial charge is 0.0336 e. The average molecular weight is 266 g/mol. The van der Waals surface area contributed by atoms with Crippen molar-refractivity contribution in [1.82, 2.24) is 4.90 Å². The Bertz CT molecular complexity index is 282. The quantitative estimate of drug-likeness (QED) is 0.845. The third kappa shape index (κ3) is 3.16. The number of nitrogens with two attached hydrogens (primary N) is 1. The molecule has 2 N–H and O–H groups in total. The van der Waals surface area contributed by atoms with E-state index in [4.69, 9.17) is 5.73 Å². The molecule has 1 aliphatic carbocycles. The van der Waals surface area contributed by atoms with Gasteiger partial charge in [0, 0.05) is 12.1 Å². The number of rotatable bonds is 3. The van der Waals surface area contributed by atoms with E-state index in [-0.39, 0.29) is 0 Å². The van der Waals surface area contributed by atoms with E-state index < -0.39 is 0 Å². The second-order valence-electron chi connectivity index (χ2n) is 7.93. The summed E-state index contributed by atoms with van der Waals surface area (Å²) in [6.45, 7) is 13.0. The fourth-order valence-corrected chi connectivity index (χ4v) is 4.66. The highest BCUT2D eigenvalue weighted by molar-refractivity contribution is 5.00. The molecule has 0 radical (unpaired) electrons. The molecular formula is C17H34N2. The third-order valence-corrected chi connectivity index (χ3v) is 6.14. The topological polar surface area (TPSA) is 29.3 Å². The first-order chi connectivity index (χ1) is 8.93. The summed E-state index contributed by atoms with van der Waals surface area (Å²) in [5.74, 6) is 1.68. The van der Waals surface area contributed by atoms with Crippen LogP contribution < -0.4 is 5.73 Å². The van der Waals surface area contributed by atoms with Crippen molar-refractivity contribution in [2.75, 3.05) is 19.6 Å². The van der Waals surface area contributed by atoms with Crippen molar-refractivity contribution in [2.45, 2.75) is 71.8 Å². The maximum absolute atomic E-state index is 6.25. The van der Waals surface area contributed by atoms with Gasteiger partial charge in [-0.1, -0.05) is 34.1 Å². The molecule has 0 aromatic carbocycles. The summed E-state index contributed by atoms with van der Waals surface area (Å²) in [7, 11) is 0. The second-order valence-corrected chi connectivity index (χ2v) is 7.93. The van der Waals surface area contributed by atoms with E-state index in [2.05, 4.69) is 32.6 Å². The minimum absolute atomic E-state index is 0.312. The Morgan fingerprint density at radius 1 is 1.11 bits per heavy atom. The fourth-order valence-electron chi connectivity index (χ4n) is 4.66. The zero-order chi connectivity index (χ0) is 14.1. The monoisotopic (exact) mass is 266 g/mol. The number of likely N-dealkylation sites (tertiary alicyclic amines) is 1. The molecule has 0 spiro atoms. The molecule has 1 saturated carbocycles. The van der Waals surface area contributed by atoms with Gasteiger partial charge in [0.15, 0.2) is 0 Å². The van der Waals surface area contributed by atoms with Gasteiger partial charge in [-0.2, -0.15) is 0 Å². The third-order valence-electron chi connectivity index (χ3n) is 6.14. The summed E-state index contributed by atoms with van der Waals surface area (Å²) in [5, 5.41) is 0. The van der Waals surface area contributed by atoms with E-state index >= 15 is 0 Å². The van der Waals surface area contributed by atoms with Crippen LogP contribution in [0.15, 0.2) is 0 Å². The van der Waals surface area contributed by atoms with Crippen LogP contribution >= 0.6 is 0 Å². The SMILES string of the molecule is CCC1(C)CCN(C2(CN)CC(C)CC(C)C2)CC1. The molecule has 0 aromatic heterocycles. The Kier molecular flexibility index (Phi) is 4.62. The molecule has 2 nitrogen and oxygen atoms in total. The predicted octanol–water partition coefficient (Wildman–Crippen LogP) is 3.65. The molecule has 112 valence electrons. The van der Waals surface area contributed by atoms with Gasteiger partial charge in [-0.25, -0.2) is 0 Å². The Morgan fingerprint density at radius 2 is 1.63 bits per heavy atom. The Labute approximate surface area is 120 Å². The molecule has 1 aliphatic heterocycles. The van der Waals surface area contributed by atoms with Crippen molar-refractivity contribution < 1.29 is 0 Å². The summed E-state index contributed by atoms with van der Waals surface area (Å²) >= 11 is 0. The lowest BCUT2D eigenvalue weighted by atomic mass is 9.69. The van der Waals surface area contributed by atoms with Crippen LogP contribution in [-0.2, 0) is 0 Å². The molecule has 0 aromatic rings. The van der Waals surface area contributed by atoms with Crippen molar-refractivity contribution in [3.05, 3.63) is 0 Å². The molecule has 2 unspecified atom stereocenters. The number of hydrogen-bond donors (Lipinski definition) is 1. The molecule has 2 heteroatoms. The van der Waals surface area contributed by atoms with Crippen LogP contribution in [0.2, 0.25) is 0 Å². The van der Waals surface area contributed by atoms with Crippen molar-refractivity contribution in [3.8, 4) is 0 Å². The van der Waals surface area contributed by atoms with E-state index in [9.17, 15) is 0 Å². The number of piperidine rings is 1. The highest BCUT2D eigenvalue weighted by atomic mass is 15.2. The van der Waals surface area contributed by atoms with Gasteiger partial charge in [-0.15, -0.1) is 0 Å². The van der Waals surface area contributed by atoms with Crippen molar-refractivity contribution in [3.63, 3.8) is 0 Å². The summed E-state index contributed by atoms with van der Waals surface area (Å²) in [4.78, 5) is 2.76. The van der Waals surface area contributed by atoms with E-state index in [1.54, 1.807) is 0 Å². The molecular weight excluding hydrogens is 232 g/mol. The molecule has 0 bridgehead atoms. The molecule has 2 fully saturated rings. The summed E-state index contributed by atoms with van der Waals surface area (Å²) < 4.78 is 0. The van der Waals surface area contributed by atoms with Gasteiger partial charge in [-0.05, 0) is 62.4 Å². The van der Waals surface area contributed by atoms with Crippen LogP contribution in [0.3, 0.4) is 0 Å². The van der Waals surface area contributed by atoms with E-state index in [1.807, 2.05) is 0 Å². The van der Waals surface area contributed by atoms with E-state index in [0.29, 0.717) is 11.0 Å². The highest BCUT2D eigenvalue weighted by Crippen LogP contribution is 2.43. The minimum Gasteiger partial charge on any atom is -0.329 e. The fraction of sp³-hybridized carbons (Fsp3) is 1.00. The Hall–Kier alpha value is -0.0800. The average Bonchev–Trinajstić information content (AvgIpc) is 2.38. The molecule has 2 atom stereocenters. The molecule has 1 saturated heterocycles. The standard InChI is InChI=1S/C17H34N2/c1-5-16(4)6-8-19(9-7-16)17(13-18)11-14(2)10-15(3)12-17/h14-15H,5-13,18H2,1-4H3. The second kappa shape index (κ2) is 5.73. The minimum atomic E-state index is 0.312. The summed E-state index contributed by atoms with van der Waals surface area (Å²) in [6.07, 6.45) is 8.06. The lowest BCUT2D eigenvalue weighted by Gasteiger charge is -2.53. The van der Waals surface area contributed by atoms with Crippen LogP contribution in [-0.4, -0.2) is 30.1 Å². The lowest BCUT2D eigenvalue weighted by molar-refractivity contribution is -0.0202. The van der Waals surface area contributed by atoms with E-state index in [0.717, 1.165) is 18.4 Å². The zero-order valence-electron chi connectivity index (χ0n) is 13.5. The molecule has 2 rings (SSSR count). The first-order valence-electron chi connectivity index (χ1n) is 8.38. The van der Waals surface area contributed by atoms with Crippen LogP contribution in [0.25, 0.3) is 0 Å². The number of hydrogen-bond acceptors (Lipinski definition) is 2. The first-order valence-corrected chi connectivity index (χ1v) is 8.38. The van der Waals surface area contributed by atoms with Crippen LogP contribution in [0, 0.1) is 17.3 Å². The van der Waals surface area contributed by atoms with Crippen LogP contribution in [0.5, 0.6) is 0 Å². The van der Waals surface area contributed by atoms with Crippen molar-refractivity contribution in [1.29, 1.82) is 0 Å². The Morgan fingerprint density at radius 3 is 2.05 bits per heavy atom. The summed E-state index contributed by atoms with van der Waals surface area (Å²) in [6, 6.07) is 0. The summed E-state index contributed by atoms with van der Waals surface area (Å²) in [5.41, 5.74) is 7.15. The predicted molar refractivity (Wildman–Crippen MR) is 83.2 cm³/mol. The maximum atomic E-state index is 6.25. The normalized spacial score (nSPS) is 40.3. The lowest BCUT2D eigenvalue weighted by Crippen LogP contribution is -2.60. The van der Waals surface area contributed by atoms with Gasteiger partial charge >= 0.3 is 0 Å². The first kappa shape index (κ1) is 15.3. The van der Waals surface area contributed by atoms with Gasteiger partial charge in [0.2, 0.25) is 0 Å². The van der Waals surface area contributed by atoms with Crippen molar-refractivity contribution in [2.24, 2.45) is 23.0 Å². The van der Waals surface area contributed by atoms with E-state index in [1.165, 1.54) is 51.6 Å². The van der Waals surface area contributed by atoms with Gasteiger partial charge in [-0.3, -0.25) is 4.90 Å². The van der Waals surface area contributed by atoms with Gasteiger partial charge < -0.3 is 5.73 Å². The largest absolute Gasteiger partial charge is 0.329 e. The molecule has 0 amide bonds. The molecule has 2 aliphatic rings. The van der Waals surface area contributed by atoms with Gasteiger partial charge in [0.1, 0.15) is 0 Å². The van der Waals surface area contributed by atoms with Gasteiger partial charge in [0.25, 0.3) is 0 Å². The molecule has 1 heterocycles. The maximum Gasteiger partial charge on any atom is 0.0336 e.